The first-order valence-corrected chi connectivity index (χ1v) is 15.6. The van der Waals surface area contributed by atoms with Crippen molar-refractivity contribution < 1.29 is 28.2 Å². The molecule has 6 nitrogen and oxygen atoms in total. The van der Waals surface area contributed by atoms with Gasteiger partial charge < -0.3 is 18.6 Å². The van der Waals surface area contributed by atoms with Gasteiger partial charge in [-0.25, -0.2) is 9.59 Å². The Morgan fingerprint density at radius 2 is 1.50 bits per heavy atom. The van der Waals surface area contributed by atoms with Crippen LogP contribution in [0.4, 0.5) is 0 Å². The summed E-state index contributed by atoms with van der Waals surface area (Å²) in [6.45, 7) is 23.3. The first kappa shape index (κ1) is 32.8. The maximum absolute atomic E-state index is 12.8. The molecule has 0 amide bonds. The van der Waals surface area contributed by atoms with Gasteiger partial charge in [0, 0.05) is 24.5 Å². The van der Waals surface area contributed by atoms with E-state index in [9.17, 15) is 9.59 Å². The number of rotatable bonds is 14. The second kappa shape index (κ2) is 14.4. The van der Waals surface area contributed by atoms with Gasteiger partial charge in [0.2, 0.25) is 6.10 Å². The molecule has 0 spiro atoms. The van der Waals surface area contributed by atoms with E-state index in [0.29, 0.717) is 24.3 Å². The van der Waals surface area contributed by atoms with Crippen LogP contribution in [0.1, 0.15) is 81.6 Å². The van der Waals surface area contributed by atoms with E-state index >= 15 is 0 Å². The third kappa shape index (κ3) is 9.46. The molecular formula is C27H52O6Si. The van der Waals surface area contributed by atoms with E-state index in [-0.39, 0.29) is 29.1 Å². The molecule has 0 N–H and O–H groups in total. The second-order valence-electron chi connectivity index (χ2n) is 11.2. The summed E-state index contributed by atoms with van der Waals surface area (Å²) in [6, 6.07) is 0. The Kier molecular flexibility index (Phi) is 13.9. The smallest absolute Gasteiger partial charge is 0.347 e. The van der Waals surface area contributed by atoms with Crippen molar-refractivity contribution >= 4 is 20.3 Å². The number of esters is 2. The normalized spacial score (nSPS) is 18.4. The van der Waals surface area contributed by atoms with Gasteiger partial charge >= 0.3 is 11.9 Å². The standard InChI is InChI=1S/C27H52O6Si/c1-14-18(3)23(30-10)21(6)22(33-34(12,13)27(7,8)9)17-16-20(5)25(28)32-24(19(4)15-2)26(29)31-11/h16,18-19,21-24H,14-15,17H2,1-13H3/b20-16+/t18-,19-,21-,22-,23+,24+/m0/s1. The summed E-state index contributed by atoms with van der Waals surface area (Å²) in [5.74, 6) is -0.634. The van der Waals surface area contributed by atoms with E-state index in [1.165, 1.54) is 7.11 Å². The molecule has 7 heteroatoms. The molecule has 0 aliphatic carbocycles. The van der Waals surface area contributed by atoms with Crippen LogP contribution in [0.3, 0.4) is 0 Å². The monoisotopic (exact) mass is 500 g/mol. The van der Waals surface area contributed by atoms with Crippen molar-refractivity contribution in [3.05, 3.63) is 11.6 Å². The van der Waals surface area contributed by atoms with Crippen LogP contribution < -0.4 is 0 Å². The number of ether oxygens (including phenoxy) is 3. The summed E-state index contributed by atoms with van der Waals surface area (Å²) in [6.07, 6.45) is 3.20. The molecule has 0 fully saturated rings. The lowest BCUT2D eigenvalue weighted by Gasteiger charge is -2.42. The van der Waals surface area contributed by atoms with E-state index in [4.69, 9.17) is 18.6 Å². The summed E-state index contributed by atoms with van der Waals surface area (Å²) in [5, 5.41) is 0.0611. The molecule has 6 atom stereocenters. The second-order valence-corrected chi connectivity index (χ2v) is 16.0. The first-order chi connectivity index (χ1) is 15.6. The van der Waals surface area contributed by atoms with Crippen molar-refractivity contribution in [2.75, 3.05) is 14.2 Å². The fourth-order valence-electron chi connectivity index (χ4n) is 3.65. The zero-order chi connectivity index (χ0) is 26.9. The molecule has 0 bridgehead atoms. The van der Waals surface area contributed by atoms with E-state index in [1.54, 1.807) is 14.0 Å². The molecule has 200 valence electrons. The third-order valence-electron chi connectivity index (χ3n) is 7.64. The van der Waals surface area contributed by atoms with Crippen molar-refractivity contribution in [1.29, 1.82) is 0 Å². The summed E-state index contributed by atoms with van der Waals surface area (Å²) in [7, 11) is 1.01. The third-order valence-corrected chi connectivity index (χ3v) is 12.1. The van der Waals surface area contributed by atoms with Crippen molar-refractivity contribution in [3.63, 3.8) is 0 Å². The summed E-state index contributed by atoms with van der Waals surface area (Å²) in [5.41, 5.74) is 0.464. The van der Waals surface area contributed by atoms with Crippen molar-refractivity contribution in [3.8, 4) is 0 Å². The maximum Gasteiger partial charge on any atom is 0.347 e. The Hall–Kier alpha value is -1.18. The lowest BCUT2D eigenvalue weighted by atomic mass is 9.86. The van der Waals surface area contributed by atoms with Gasteiger partial charge in [-0.1, -0.05) is 67.9 Å². The molecule has 0 heterocycles. The number of methoxy groups -OCH3 is 2. The largest absolute Gasteiger partial charge is 0.466 e. The summed E-state index contributed by atoms with van der Waals surface area (Å²) < 4.78 is 23.1. The highest BCUT2D eigenvalue weighted by molar-refractivity contribution is 6.74. The molecule has 0 aliphatic rings. The topological polar surface area (TPSA) is 71.1 Å². The molecule has 0 aromatic carbocycles. The van der Waals surface area contributed by atoms with E-state index in [1.807, 2.05) is 19.9 Å². The minimum Gasteiger partial charge on any atom is -0.466 e. The lowest BCUT2D eigenvalue weighted by Crippen LogP contribution is -2.48. The van der Waals surface area contributed by atoms with Crippen molar-refractivity contribution in [2.45, 2.75) is 118 Å². The van der Waals surface area contributed by atoms with Gasteiger partial charge in [0.1, 0.15) is 0 Å². The Balaban J connectivity index is 5.84. The SMILES string of the molecule is CC[C@H](C)[C@@H](OC)[C@@H](C)[C@H](C/C=C(\C)C(=O)O[C@@H](C(=O)OC)[C@@H](C)CC)O[Si](C)(C)C(C)(C)C. The van der Waals surface area contributed by atoms with Crippen LogP contribution in [-0.4, -0.2) is 52.8 Å². The molecule has 0 unspecified atom stereocenters. The Labute approximate surface area is 210 Å². The number of carbonyl (C=O) groups is 2. The van der Waals surface area contributed by atoms with Crippen molar-refractivity contribution in [1.82, 2.24) is 0 Å². The van der Waals surface area contributed by atoms with Crippen LogP contribution in [0, 0.1) is 17.8 Å². The molecule has 0 saturated heterocycles. The van der Waals surface area contributed by atoms with Crippen LogP contribution in [0.2, 0.25) is 18.1 Å². The minimum atomic E-state index is -2.06. The first-order valence-electron chi connectivity index (χ1n) is 12.7. The van der Waals surface area contributed by atoms with Crippen LogP contribution in [-0.2, 0) is 28.2 Å². The molecule has 0 aromatic heterocycles. The molecule has 0 radical (unpaired) electrons. The number of hydrogen-bond donors (Lipinski definition) is 0. The average molecular weight is 501 g/mol. The molecular weight excluding hydrogens is 448 g/mol. The van der Waals surface area contributed by atoms with Crippen LogP contribution in [0.5, 0.6) is 0 Å². The Morgan fingerprint density at radius 3 is 1.91 bits per heavy atom. The molecule has 0 rings (SSSR count). The van der Waals surface area contributed by atoms with Gasteiger partial charge in [-0.2, -0.15) is 0 Å². The fraction of sp³-hybridized carbons (Fsp3) is 0.852. The van der Waals surface area contributed by atoms with E-state index in [2.05, 4.69) is 54.6 Å². The highest BCUT2D eigenvalue weighted by Crippen LogP contribution is 2.39. The predicted molar refractivity (Wildman–Crippen MR) is 141 cm³/mol. The van der Waals surface area contributed by atoms with Crippen LogP contribution >= 0.6 is 0 Å². The van der Waals surface area contributed by atoms with Gasteiger partial charge in [-0.3, -0.25) is 0 Å². The average Bonchev–Trinajstić information content (AvgIpc) is 2.77. The number of hydrogen-bond acceptors (Lipinski definition) is 6. The highest BCUT2D eigenvalue weighted by Gasteiger charge is 2.41. The quantitative estimate of drug-likeness (QED) is 0.153. The molecule has 34 heavy (non-hydrogen) atoms. The van der Waals surface area contributed by atoms with E-state index < -0.39 is 26.4 Å². The zero-order valence-corrected chi connectivity index (χ0v) is 25.1. The van der Waals surface area contributed by atoms with Gasteiger partial charge in [0.15, 0.2) is 8.32 Å². The highest BCUT2D eigenvalue weighted by atomic mass is 28.4. The molecule has 0 aliphatic heterocycles. The molecule has 0 aromatic rings. The van der Waals surface area contributed by atoms with Gasteiger partial charge in [-0.05, 0) is 43.8 Å². The predicted octanol–water partition coefficient (Wildman–Crippen LogP) is 6.54. The number of carbonyl (C=O) groups excluding carboxylic acids is 2. The molecule has 0 saturated carbocycles. The summed E-state index contributed by atoms with van der Waals surface area (Å²) >= 11 is 0. The lowest BCUT2D eigenvalue weighted by molar-refractivity contribution is -0.167. The van der Waals surface area contributed by atoms with Crippen LogP contribution in [0.15, 0.2) is 11.6 Å². The van der Waals surface area contributed by atoms with Gasteiger partial charge in [-0.15, -0.1) is 0 Å². The van der Waals surface area contributed by atoms with Crippen LogP contribution in [0.25, 0.3) is 0 Å². The Bertz CT molecular complexity index is 667. The van der Waals surface area contributed by atoms with Gasteiger partial charge in [0.25, 0.3) is 0 Å². The van der Waals surface area contributed by atoms with E-state index in [0.717, 1.165) is 6.42 Å². The zero-order valence-electron chi connectivity index (χ0n) is 24.1. The Morgan fingerprint density at radius 1 is 0.971 bits per heavy atom. The maximum atomic E-state index is 12.8. The fourth-order valence-corrected chi connectivity index (χ4v) is 5.07. The van der Waals surface area contributed by atoms with Gasteiger partial charge in [0.05, 0.1) is 19.3 Å². The minimum absolute atomic E-state index is 0.0505. The van der Waals surface area contributed by atoms with Crippen molar-refractivity contribution in [2.24, 2.45) is 17.8 Å². The summed E-state index contributed by atoms with van der Waals surface area (Å²) in [4.78, 5) is 24.9.